The largest absolute Gasteiger partial charge is 0.493 e. The summed E-state index contributed by atoms with van der Waals surface area (Å²) in [5.74, 6) is 1.28. The Bertz CT molecular complexity index is 430. The van der Waals surface area contributed by atoms with E-state index in [1.807, 2.05) is 38.1 Å². The number of hydrogen-bond acceptors (Lipinski definition) is 3. The van der Waals surface area contributed by atoms with E-state index in [0.29, 0.717) is 19.1 Å². The normalized spacial score (nSPS) is 12.6. The molecule has 0 aliphatic rings. The molecule has 0 fully saturated rings. The van der Waals surface area contributed by atoms with Gasteiger partial charge in [-0.1, -0.05) is 45.9 Å². The maximum absolute atomic E-state index is 11.9. The van der Waals surface area contributed by atoms with E-state index in [1.54, 1.807) is 0 Å². The first-order chi connectivity index (χ1) is 9.41. The standard InChI is InChI=1S/C16H26N2O2/c1-11(2)10-20-14-8-6-5-7-13(14)9-18-16(19)15(17)12(3)4/h5-8,11-12,15H,9-10,17H2,1-4H3,(H,18,19)/t15-/m0/s1. The third kappa shape index (κ3) is 5.21. The number of rotatable bonds is 7. The Balaban J connectivity index is 2.61. The Morgan fingerprint density at radius 2 is 1.90 bits per heavy atom. The quantitative estimate of drug-likeness (QED) is 0.804. The Morgan fingerprint density at radius 1 is 1.25 bits per heavy atom. The molecular weight excluding hydrogens is 252 g/mol. The molecular formula is C16H26N2O2. The van der Waals surface area contributed by atoms with Gasteiger partial charge in [0.2, 0.25) is 5.91 Å². The average Bonchev–Trinajstić information content (AvgIpc) is 2.42. The molecule has 0 aliphatic heterocycles. The summed E-state index contributed by atoms with van der Waals surface area (Å²) in [6.07, 6.45) is 0. The highest BCUT2D eigenvalue weighted by Crippen LogP contribution is 2.18. The molecule has 3 N–H and O–H groups in total. The fourth-order valence-electron chi connectivity index (χ4n) is 1.65. The molecule has 0 bridgehead atoms. The van der Waals surface area contributed by atoms with Gasteiger partial charge in [0.05, 0.1) is 12.6 Å². The second kappa shape index (κ2) is 7.90. The van der Waals surface area contributed by atoms with E-state index in [0.717, 1.165) is 11.3 Å². The Morgan fingerprint density at radius 3 is 2.50 bits per heavy atom. The molecule has 0 unspecified atom stereocenters. The van der Waals surface area contributed by atoms with Gasteiger partial charge in [-0.05, 0) is 17.9 Å². The molecule has 0 aromatic heterocycles. The van der Waals surface area contributed by atoms with Crippen LogP contribution in [0.5, 0.6) is 5.75 Å². The highest BCUT2D eigenvalue weighted by Gasteiger charge is 2.17. The van der Waals surface area contributed by atoms with Crippen molar-refractivity contribution >= 4 is 5.91 Å². The summed E-state index contributed by atoms with van der Waals surface area (Å²) in [5.41, 5.74) is 6.79. The smallest absolute Gasteiger partial charge is 0.237 e. The fraction of sp³-hybridized carbons (Fsp3) is 0.562. The summed E-state index contributed by atoms with van der Waals surface area (Å²) < 4.78 is 5.76. The van der Waals surface area contributed by atoms with Crippen LogP contribution >= 0.6 is 0 Å². The topological polar surface area (TPSA) is 64.3 Å². The van der Waals surface area contributed by atoms with Gasteiger partial charge in [0.15, 0.2) is 0 Å². The van der Waals surface area contributed by atoms with E-state index in [9.17, 15) is 4.79 Å². The average molecular weight is 278 g/mol. The van der Waals surface area contributed by atoms with Crippen LogP contribution in [0.15, 0.2) is 24.3 Å². The molecule has 20 heavy (non-hydrogen) atoms. The molecule has 0 heterocycles. The van der Waals surface area contributed by atoms with Gasteiger partial charge in [0.25, 0.3) is 0 Å². The second-order valence-corrected chi connectivity index (χ2v) is 5.80. The molecule has 1 aromatic rings. The number of ether oxygens (including phenoxy) is 1. The van der Waals surface area contributed by atoms with Crippen molar-refractivity contribution in [3.63, 3.8) is 0 Å². The molecule has 4 heteroatoms. The number of nitrogens with one attached hydrogen (secondary N) is 1. The first-order valence-corrected chi connectivity index (χ1v) is 7.15. The molecule has 4 nitrogen and oxygen atoms in total. The van der Waals surface area contributed by atoms with Gasteiger partial charge in [0, 0.05) is 12.1 Å². The Kier molecular flexibility index (Phi) is 6.52. The van der Waals surface area contributed by atoms with E-state index in [2.05, 4.69) is 19.2 Å². The predicted octanol–water partition coefficient (Wildman–Crippen LogP) is 2.32. The van der Waals surface area contributed by atoms with Crippen molar-refractivity contribution in [3.05, 3.63) is 29.8 Å². The van der Waals surface area contributed by atoms with Crippen LogP contribution in [0.4, 0.5) is 0 Å². The van der Waals surface area contributed by atoms with E-state index in [4.69, 9.17) is 10.5 Å². The van der Waals surface area contributed by atoms with Crippen molar-refractivity contribution in [1.82, 2.24) is 5.32 Å². The van der Waals surface area contributed by atoms with Gasteiger partial charge < -0.3 is 15.8 Å². The van der Waals surface area contributed by atoms with Crippen molar-refractivity contribution in [2.24, 2.45) is 17.6 Å². The zero-order valence-corrected chi connectivity index (χ0v) is 12.8. The predicted molar refractivity (Wildman–Crippen MR) is 81.4 cm³/mol. The van der Waals surface area contributed by atoms with Crippen molar-refractivity contribution in [2.75, 3.05) is 6.61 Å². The number of carbonyl (C=O) groups excluding carboxylic acids is 1. The first-order valence-electron chi connectivity index (χ1n) is 7.15. The van der Waals surface area contributed by atoms with Gasteiger partial charge in [-0.15, -0.1) is 0 Å². The molecule has 0 saturated heterocycles. The zero-order valence-electron chi connectivity index (χ0n) is 12.8. The minimum atomic E-state index is -0.473. The third-order valence-corrected chi connectivity index (χ3v) is 3.02. The van der Waals surface area contributed by atoms with Crippen molar-refractivity contribution < 1.29 is 9.53 Å². The van der Waals surface area contributed by atoms with Crippen LogP contribution in [0.3, 0.4) is 0 Å². The molecule has 112 valence electrons. The van der Waals surface area contributed by atoms with Crippen molar-refractivity contribution in [2.45, 2.75) is 40.3 Å². The Hall–Kier alpha value is -1.55. The lowest BCUT2D eigenvalue weighted by atomic mass is 10.0. The highest BCUT2D eigenvalue weighted by atomic mass is 16.5. The Labute approximate surface area is 121 Å². The van der Waals surface area contributed by atoms with Crippen LogP contribution in [0, 0.1) is 11.8 Å². The van der Waals surface area contributed by atoms with E-state index in [1.165, 1.54) is 0 Å². The number of carbonyl (C=O) groups is 1. The molecule has 1 amide bonds. The number of benzene rings is 1. The summed E-state index contributed by atoms with van der Waals surface area (Å²) in [4.78, 5) is 11.9. The van der Waals surface area contributed by atoms with Gasteiger partial charge >= 0.3 is 0 Å². The van der Waals surface area contributed by atoms with E-state index < -0.39 is 6.04 Å². The summed E-state index contributed by atoms with van der Waals surface area (Å²) >= 11 is 0. The number of amides is 1. The zero-order chi connectivity index (χ0) is 15.1. The van der Waals surface area contributed by atoms with Crippen LogP contribution in [-0.4, -0.2) is 18.6 Å². The van der Waals surface area contributed by atoms with Crippen LogP contribution in [0.1, 0.15) is 33.3 Å². The fourth-order valence-corrected chi connectivity index (χ4v) is 1.65. The maximum atomic E-state index is 11.9. The number of hydrogen-bond donors (Lipinski definition) is 2. The van der Waals surface area contributed by atoms with E-state index in [-0.39, 0.29) is 11.8 Å². The van der Waals surface area contributed by atoms with Gasteiger partial charge in [-0.2, -0.15) is 0 Å². The molecule has 1 atom stereocenters. The molecule has 0 radical (unpaired) electrons. The highest BCUT2D eigenvalue weighted by molar-refractivity contribution is 5.81. The summed E-state index contributed by atoms with van der Waals surface area (Å²) in [5, 5.41) is 2.86. The molecule has 1 rings (SSSR count). The summed E-state index contributed by atoms with van der Waals surface area (Å²) in [6, 6.07) is 7.27. The molecule has 0 saturated carbocycles. The van der Waals surface area contributed by atoms with Gasteiger partial charge in [0.1, 0.15) is 5.75 Å². The maximum Gasteiger partial charge on any atom is 0.237 e. The second-order valence-electron chi connectivity index (χ2n) is 5.80. The molecule has 0 aliphatic carbocycles. The van der Waals surface area contributed by atoms with Crippen LogP contribution < -0.4 is 15.8 Å². The number of nitrogens with two attached hydrogens (primary N) is 1. The van der Waals surface area contributed by atoms with Gasteiger partial charge in [-0.25, -0.2) is 0 Å². The van der Waals surface area contributed by atoms with Crippen molar-refractivity contribution in [3.8, 4) is 5.75 Å². The molecule has 0 spiro atoms. The van der Waals surface area contributed by atoms with Crippen molar-refractivity contribution in [1.29, 1.82) is 0 Å². The lowest BCUT2D eigenvalue weighted by Crippen LogP contribution is -2.43. The summed E-state index contributed by atoms with van der Waals surface area (Å²) in [6.45, 7) is 9.18. The number of para-hydroxylation sites is 1. The minimum Gasteiger partial charge on any atom is -0.493 e. The van der Waals surface area contributed by atoms with Crippen LogP contribution in [0.2, 0.25) is 0 Å². The first kappa shape index (κ1) is 16.5. The molecule has 1 aromatic carbocycles. The summed E-state index contributed by atoms with van der Waals surface area (Å²) in [7, 11) is 0. The van der Waals surface area contributed by atoms with Crippen LogP contribution in [0.25, 0.3) is 0 Å². The minimum absolute atomic E-state index is 0.126. The van der Waals surface area contributed by atoms with Crippen LogP contribution in [-0.2, 0) is 11.3 Å². The third-order valence-electron chi connectivity index (χ3n) is 3.02. The lowest BCUT2D eigenvalue weighted by Gasteiger charge is -2.17. The SMILES string of the molecule is CC(C)COc1ccccc1CNC(=O)[C@@H](N)C(C)C. The van der Waals surface area contributed by atoms with E-state index >= 15 is 0 Å². The lowest BCUT2D eigenvalue weighted by molar-refractivity contribution is -0.123. The van der Waals surface area contributed by atoms with Gasteiger partial charge in [-0.3, -0.25) is 4.79 Å². The monoisotopic (exact) mass is 278 g/mol.